The first-order chi connectivity index (χ1) is 13.1. The van der Waals surface area contributed by atoms with Gasteiger partial charge in [0.05, 0.1) is 10.8 Å². The van der Waals surface area contributed by atoms with Crippen LogP contribution in [0, 0.1) is 11.8 Å². The average Bonchev–Trinajstić information content (AvgIpc) is 2.67. The first-order valence-corrected chi connectivity index (χ1v) is 11.0. The summed E-state index contributed by atoms with van der Waals surface area (Å²) in [6.45, 7) is 2.87. The number of piperidine rings is 2. The Morgan fingerprint density at radius 2 is 1.68 bits per heavy atom. The number of rotatable bonds is 3. The fraction of sp³-hybridized carbons (Fsp3) is 0.632. The van der Waals surface area contributed by atoms with Crippen LogP contribution in [0.15, 0.2) is 29.2 Å². The maximum absolute atomic E-state index is 13.0. The molecule has 0 spiro atoms. The zero-order valence-electron chi connectivity index (χ0n) is 15.8. The summed E-state index contributed by atoms with van der Waals surface area (Å²) >= 11 is 0. The molecule has 0 aromatic heterocycles. The number of benzene rings is 1. The van der Waals surface area contributed by atoms with E-state index >= 15 is 0 Å². The summed E-state index contributed by atoms with van der Waals surface area (Å²) in [5.41, 5.74) is 0.203. The third-order valence-electron chi connectivity index (χ3n) is 5.53. The van der Waals surface area contributed by atoms with Crippen LogP contribution < -0.4 is 0 Å². The number of halogens is 3. The highest BCUT2D eigenvalue weighted by Crippen LogP contribution is 2.33. The minimum absolute atomic E-state index is 0.0265. The molecule has 28 heavy (non-hydrogen) atoms. The molecule has 9 heteroatoms. The first kappa shape index (κ1) is 21.1. The number of hydrogen-bond acceptors (Lipinski definition) is 3. The normalized spacial score (nSPS) is 24.9. The topological polar surface area (TPSA) is 57.7 Å². The second kappa shape index (κ2) is 8.02. The van der Waals surface area contributed by atoms with Gasteiger partial charge in [-0.1, -0.05) is 6.92 Å². The van der Waals surface area contributed by atoms with Crippen LogP contribution in [0.1, 0.15) is 43.0 Å². The Balaban J connectivity index is 1.72. The number of alkyl halides is 3. The molecule has 2 saturated heterocycles. The van der Waals surface area contributed by atoms with E-state index in [1.807, 2.05) is 6.92 Å². The predicted octanol–water partition coefficient (Wildman–Crippen LogP) is 3.52. The second-order valence-corrected chi connectivity index (χ2v) is 9.70. The summed E-state index contributed by atoms with van der Waals surface area (Å²) < 4.78 is 65.9. The Kier molecular flexibility index (Phi) is 6.05. The standard InChI is InChI=1S/C19H25F3N2O3S/c1-14-4-2-11-24(12-14)28(26,27)17-8-6-15(7-9-17)18(25)23-10-3-5-16(13-23)19(20,21)22/h6-9,14,16H,2-5,10-13H2,1H3/t14-,16+/m1/s1. The van der Waals surface area contributed by atoms with Gasteiger partial charge in [-0.2, -0.15) is 17.5 Å². The Hall–Kier alpha value is -1.61. The zero-order valence-corrected chi connectivity index (χ0v) is 16.6. The Morgan fingerprint density at radius 3 is 2.29 bits per heavy atom. The third kappa shape index (κ3) is 4.51. The molecule has 1 aromatic carbocycles. The van der Waals surface area contributed by atoms with Crippen LogP contribution >= 0.6 is 0 Å². The van der Waals surface area contributed by atoms with Crippen molar-refractivity contribution >= 4 is 15.9 Å². The van der Waals surface area contributed by atoms with Crippen molar-refractivity contribution in [3.05, 3.63) is 29.8 Å². The van der Waals surface area contributed by atoms with E-state index in [2.05, 4.69) is 0 Å². The molecule has 1 aromatic rings. The van der Waals surface area contributed by atoms with Crippen molar-refractivity contribution in [3.8, 4) is 0 Å². The summed E-state index contributed by atoms with van der Waals surface area (Å²) in [6, 6.07) is 5.51. The molecule has 2 aliphatic rings. The summed E-state index contributed by atoms with van der Waals surface area (Å²) in [7, 11) is -3.63. The predicted molar refractivity (Wildman–Crippen MR) is 98.3 cm³/mol. The van der Waals surface area contributed by atoms with Gasteiger partial charge in [0.2, 0.25) is 10.0 Å². The molecule has 0 saturated carbocycles. The summed E-state index contributed by atoms with van der Waals surface area (Å²) in [6.07, 6.45) is -2.18. The van der Waals surface area contributed by atoms with Crippen LogP contribution in [-0.2, 0) is 10.0 Å². The first-order valence-electron chi connectivity index (χ1n) is 9.55. The van der Waals surface area contributed by atoms with E-state index in [1.165, 1.54) is 33.5 Å². The Bertz CT molecular complexity index is 809. The lowest BCUT2D eigenvalue weighted by Gasteiger charge is -2.33. The van der Waals surface area contributed by atoms with E-state index in [-0.39, 0.29) is 30.0 Å². The maximum atomic E-state index is 13.0. The van der Waals surface area contributed by atoms with Crippen LogP contribution in [-0.4, -0.2) is 55.9 Å². The number of carbonyl (C=O) groups is 1. The lowest BCUT2D eigenvalue weighted by molar-refractivity contribution is -0.184. The molecule has 1 amide bonds. The number of hydrogen-bond donors (Lipinski definition) is 0. The van der Waals surface area contributed by atoms with Crippen LogP contribution in [0.4, 0.5) is 13.2 Å². The maximum Gasteiger partial charge on any atom is 0.393 e. The summed E-state index contributed by atoms with van der Waals surface area (Å²) in [4.78, 5) is 13.9. The van der Waals surface area contributed by atoms with Gasteiger partial charge in [-0.3, -0.25) is 4.79 Å². The van der Waals surface area contributed by atoms with Crippen molar-refractivity contribution in [1.82, 2.24) is 9.21 Å². The van der Waals surface area contributed by atoms with E-state index in [0.29, 0.717) is 25.4 Å². The van der Waals surface area contributed by atoms with Gasteiger partial charge in [0.25, 0.3) is 5.91 Å². The van der Waals surface area contributed by atoms with Crippen LogP contribution in [0.2, 0.25) is 0 Å². The lowest BCUT2D eigenvalue weighted by Crippen LogP contribution is -2.44. The zero-order chi connectivity index (χ0) is 20.5. The van der Waals surface area contributed by atoms with Gasteiger partial charge >= 0.3 is 6.18 Å². The molecule has 2 aliphatic heterocycles. The number of likely N-dealkylation sites (tertiary alicyclic amines) is 1. The largest absolute Gasteiger partial charge is 0.393 e. The SMILES string of the molecule is C[C@@H]1CCCN(S(=O)(=O)c2ccc(C(=O)N3CCC[C@H](C(F)(F)F)C3)cc2)C1. The molecule has 3 rings (SSSR count). The minimum Gasteiger partial charge on any atom is -0.338 e. The molecule has 0 aliphatic carbocycles. The van der Waals surface area contributed by atoms with E-state index < -0.39 is 28.0 Å². The van der Waals surface area contributed by atoms with Crippen molar-refractivity contribution in [1.29, 1.82) is 0 Å². The van der Waals surface area contributed by atoms with Crippen LogP contribution in [0.25, 0.3) is 0 Å². The molecular formula is C19H25F3N2O3S. The smallest absolute Gasteiger partial charge is 0.338 e. The summed E-state index contributed by atoms with van der Waals surface area (Å²) in [5, 5.41) is 0. The lowest BCUT2D eigenvalue weighted by atomic mass is 9.97. The molecule has 0 unspecified atom stereocenters. The molecule has 2 heterocycles. The van der Waals surface area contributed by atoms with E-state index in [9.17, 15) is 26.4 Å². The molecule has 0 radical (unpaired) electrons. The van der Waals surface area contributed by atoms with Gasteiger partial charge < -0.3 is 4.90 Å². The van der Waals surface area contributed by atoms with E-state index in [0.717, 1.165) is 12.8 Å². The third-order valence-corrected chi connectivity index (χ3v) is 7.41. The fourth-order valence-electron chi connectivity index (χ4n) is 3.89. The van der Waals surface area contributed by atoms with Crippen molar-refractivity contribution in [2.24, 2.45) is 11.8 Å². The van der Waals surface area contributed by atoms with Crippen molar-refractivity contribution in [2.45, 2.75) is 43.7 Å². The molecule has 0 bridgehead atoms. The quantitative estimate of drug-likeness (QED) is 0.755. The average molecular weight is 418 g/mol. The highest BCUT2D eigenvalue weighted by Gasteiger charge is 2.42. The second-order valence-electron chi connectivity index (χ2n) is 7.77. The van der Waals surface area contributed by atoms with Crippen molar-refractivity contribution < 1.29 is 26.4 Å². The van der Waals surface area contributed by atoms with Crippen LogP contribution in [0.5, 0.6) is 0 Å². The molecule has 2 atom stereocenters. The number of amides is 1. The Labute approximate surface area is 163 Å². The molecule has 5 nitrogen and oxygen atoms in total. The van der Waals surface area contributed by atoms with Gasteiger partial charge in [0.15, 0.2) is 0 Å². The van der Waals surface area contributed by atoms with Gasteiger partial charge in [-0.25, -0.2) is 8.42 Å². The molecule has 0 N–H and O–H groups in total. The van der Waals surface area contributed by atoms with Crippen molar-refractivity contribution in [3.63, 3.8) is 0 Å². The van der Waals surface area contributed by atoms with E-state index in [4.69, 9.17) is 0 Å². The number of sulfonamides is 1. The molecule has 156 valence electrons. The van der Waals surface area contributed by atoms with Gasteiger partial charge in [0.1, 0.15) is 0 Å². The summed E-state index contributed by atoms with van der Waals surface area (Å²) in [5.74, 6) is -1.71. The van der Waals surface area contributed by atoms with Gasteiger partial charge in [-0.15, -0.1) is 0 Å². The molecule has 2 fully saturated rings. The highest BCUT2D eigenvalue weighted by molar-refractivity contribution is 7.89. The highest BCUT2D eigenvalue weighted by atomic mass is 32.2. The van der Waals surface area contributed by atoms with Gasteiger partial charge in [-0.05, 0) is 55.9 Å². The van der Waals surface area contributed by atoms with Crippen molar-refractivity contribution in [2.75, 3.05) is 26.2 Å². The van der Waals surface area contributed by atoms with E-state index in [1.54, 1.807) is 0 Å². The number of nitrogens with zero attached hydrogens (tertiary/aromatic N) is 2. The van der Waals surface area contributed by atoms with Gasteiger partial charge in [0, 0.05) is 31.7 Å². The molecular weight excluding hydrogens is 393 g/mol. The fourth-order valence-corrected chi connectivity index (χ4v) is 5.49. The van der Waals surface area contributed by atoms with Crippen LogP contribution in [0.3, 0.4) is 0 Å². The minimum atomic E-state index is -4.32. The monoisotopic (exact) mass is 418 g/mol. The number of carbonyl (C=O) groups excluding carboxylic acids is 1. The Morgan fingerprint density at radius 1 is 1.04 bits per heavy atom.